The van der Waals surface area contributed by atoms with E-state index in [1.807, 2.05) is 73.3 Å². The molecule has 0 spiro atoms. The molecule has 0 aromatic carbocycles. The topological polar surface area (TPSA) is 110 Å². The molecular weight excluding hydrogens is 496 g/mol. The lowest BCUT2D eigenvalue weighted by Crippen LogP contribution is -2.62. The van der Waals surface area contributed by atoms with Crippen LogP contribution in [-0.2, 0) is 28.9 Å². The van der Waals surface area contributed by atoms with E-state index in [0.29, 0.717) is 25.7 Å². The monoisotopic (exact) mass is 524 g/mol. The second-order valence-corrected chi connectivity index (χ2v) is 9.33. The van der Waals surface area contributed by atoms with E-state index in [2.05, 4.69) is 30.6 Å². The van der Waals surface area contributed by atoms with E-state index >= 15 is 0 Å². The molecule has 8 nitrogen and oxygen atoms in total. The zero-order chi connectivity index (χ0) is 26.6. The predicted octanol–water partition coefficient (Wildman–Crippen LogP) is 3.63. The molecule has 5 rings (SSSR count). The molecule has 0 aliphatic carbocycles. The van der Waals surface area contributed by atoms with Gasteiger partial charge in [0, 0.05) is 49.6 Å². The number of nitrogens with one attached hydrogen (secondary N) is 2. The van der Waals surface area contributed by atoms with Crippen LogP contribution in [-0.4, -0.2) is 36.9 Å². The highest BCUT2D eigenvalue weighted by Gasteiger charge is 2.48. The summed E-state index contributed by atoms with van der Waals surface area (Å²) in [6.45, 7) is 0. The maximum atomic E-state index is 12.7. The number of hydrogen-bond donors (Lipinski definition) is 2. The highest BCUT2D eigenvalue weighted by molar-refractivity contribution is 7.80. The van der Waals surface area contributed by atoms with Crippen molar-refractivity contribution in [1.29, 1.82) is 0 Å². The largest absolute Gasteiger partial charge is 0.302 e. The molecule has 4 aromatic heterocycles. The molecule has 2 N–H and O–H groups in total. The number of hydrogen-bond acceptors (Lipinski definition) is 7. The highest BCUT2D eigenvalue weighted by atomic mass is 32.1. The lowest BCUT2D eigenvalue weighted by Gasteiger charge is -2.35. The number of thiocarbonyl (C=S) groups is 1. The van der Waals surface area contributed by atoms with E-state index in [0.717, 1.165) is 17.5 Å². The maximum absolute atomic E-state index is 12.7. The fourth-order valence-electron chi connectivity index (χ4n) is 4.21. The lowest BCUT2D eigenvalue weighted by atomic mass is 9.75. The van der Waals surface area contributed by atoms with Crippen molar-refractivity contribution in [2.45, 2.75) is 32.1 Å². The van der Waals surface area contributed by atoms with E-state index in [4.69, 9.17) is 12.2 Å². The molecule has 0 radical (unpaired) electrons. The number of carbonyl (C=O) groups is 2. The lowest BCUT2D eigenvalue weighted by molar-refractivity contribution is -0.144. The summed E-state index contributed by atoms with van der Waals surface area (Å²) in [4.78, 5) is 41.3. The second kappa shape index (κ2) is 13.3. The number of aryl methyl sites for hydroxylation is 2. The van der Waals surface area contributed by atoms with Crippen LogP contribution in [0.5, 0.6) is 0 Å². The van der Waals surface area contributed by atoms with Gasteiger partial charge in [-0.2, -0.15) is 0 Å². The van der Waals surface area contributed by atoms with Crippen LogP contribution in [0.1, 0.15) is 35.1 Å². The van der Waals surface area contributed by atoms with E-state index in [9.17, 15) is 9.59 Å². The maximum Gasteiger partial charge on any atom is 0.241 e. The Balaban J connectivity index is 0.000000216. The van der Waals surface area contributed by atoms with E-state index < -0.39 is 5.41 Å². The summed E-state index contributed by atoms with van der Waals surface area (Å²) in [5.41, 5.74) is 3.48. The van der Waals surface area contributed by atoms with Gasteiger partial charge in [0.25, 0.3) is 0 Å². The van der Waals surface area contributed by atoms with Gasteiger partial charge in [-0.25, -0.2) is 0 Å². The van der Waals surface area contributed by atoms with Crippen LogP contribution in [0.3, 0.4) is 0 Å². The SMILES string of the molecule is O=C1NC(=S)NC(=O)C1(CCc1ccncc1)CCc1ccncc1.c1cc(Cc2ccncc2)ccn1. The Morgan fingerprint density at radius 2 is 0.868 bits per heavy atom. The Labute approximate surface area is 227 Å². The Kier molecular flexibility index (Phi) is 9.31. The number of pyridine rings is 4. The Morgan fingerprint density at radius 1 is 0.553 bits per heavy atom. The normalized spacial score (nSPS) is 14.1. The molecule has 9 heteroatoms. The minimum absolute atomic E-state index is 0.0680. The van der Waals surface area contributed by atoms with Crippen LogP contribution in [0.4, 0.5) is 0 Å². The first-order valence-electron chi connectivity index (χ1n) is 12.3. The fourth-order valence-corrected chi connectivity index (χ4v) is 4.40. The van der Waals surface area contributed by atoms with Crippen LogP contribution in [0, 0.1) is 5.41 Å². The third-order valence-electron chi connectivity index (χ3n) is 6.41. The first kappa shape index (κ1) is 26.7. The summed E-state index contributed by atoms with van der Waals surface area (Å²) < 4.78 is 0. The molecule has 0 unspecified atom stereocenters. The summed E-state index contributed by atoms with van der Waals surface area (Å²) >= 11 is 4.94. The van der Waals surface area contributed by atoms with Gasteiger partial charge in [-0.1, -0.05) is 0 Å². The number of aromatic nitrogens is 4. The van der Waals surface area contributed by atoms with Crippen molar-refractivity contribution in [1.82, 2.24) is 30.6 Å². The average Bonchev–Trinajstić information content (AvgIpc) is 2.95. The molecule has 0 bridgehead atoms. The third-order valence-corrected chi connectivity index (χ3v) is 6.61. The van der Waals surface area contributed by atoms with Gasteiger partial charge in [0.05, 0.1) is 0 Å². The Bertz CT molecular complexity index is 1240. The van der Waals surface area contributed by atoms with Crippen LogP contribution in [0.25, 0.3) is 0 Å². The zero-order valence-corrected chi connectivity index (χ0v) is 21.6. The quantitative estimate of drug-likeness (QED) is 0.268. The molecule has 4 aromatic rings. The summed E-state index contributed by atoms with van der Waals surface area (Å²) in [5.74, 6) is -0.659. The molecule has 192 valence electrons. The molecule has 0 atom stereocenters. The van der Waals surface area contributed by atoms with Crippen LogP contribution in [0.15, 0.2) is 98.1 Å². The number of amides is 2. The Morgan fingerprint density at radius 3 is 1.21 bits per heavy atom. The van der Waals surface area contributed by atoms with Gasteiger partial charge in [0.1, 0.15) is 5.41 Å². The zero-order valence-electron chi connectivity index (χ0n) is 20.8. The summed E-state index contributed by atoms with van der Waals surface area (Å²) in [5, 5.41) is 5.29. The molecule has 5 heterocycles. The van der Waals surface area contributed by atoms with Crippen molar-refractivity contribution in [3.05, 3.63) is 120 Å². The molecule has 1 saturated heterocycles. The predicted molar refractivity (Wildman–Crippen MR) is 148 cm³/mol. The average molecular weight is 525 g/mol. The first-order chi connectivity index (χ1) is 18.5. The van der Waals surface area contributed by atoms with Crippen molar-refractivity contribution < 1.29 is 9.59 Å². The number of carbonyl (C=O) groups excluding carboxylic acids is 2. The number of rotatable bonds is 8. The van der Waals surface area contributed by atoms with Crippen molar-refractivity contribution >= 4 is 29.1 Å². The van der Waals surface area contributed by atoms with Gasteiger partial charge in [-0.05, 0) is 115 Å². The fraction of sp³-hybridized carbons (Fsp3) is 0.207. The minimum atomic E-state index is -1.14. The molecule has 1 fully saturated rings. The summed E-state index contributed by atoms with van der Waals surface area (Å²) in [6.07, 6.45) is 17.0. The molecule has 2 amide bonds. The van der Waals surface area contributed by atoms with Crippen molar-refractivity contribution in [2.24, 2.45) is 5.41 Å². The van der Waals surface area contributed by atoms with Crippen molar-refractivity contribution in [2.75, 3.05) is 0 Å². The molecular formula is C29H28N6O2S. The number of nitrogens with zero attached hydrogens (tertiary/aromatic N) is 4. The van der Waals surface area contributed by atoms with E-state index in [1.165, 1.54) is 11.1 Å². The van der Waals surface area contributed by atoms with Gasteiger partial charge in [0.15, 0.2) is 5.11 Å². The molecule has 0 saturated carbocycles. The second-order valence-electron chi connectivity index (χ2n) is 8.92. The van der Waals surface area contributed by atoms with Gasteiger partial charge >= 0.3 is 0 Å². The van der Waals surface area contributed by atoms with E-state index in [1.54, 1.807) is 24.8 Å². The first-order valence-corrected chi connectivity index (χ1v) is 12.7. The highest BCUT2D eigenvalue weighted by Crippen LogP contribution is 2.33. The standard InChI is InChI=1S/C18H18N4O2S.C11H10N2/c23-15-18(16(24)22-17(25)21-15,7-1-13-3-9-19-10-4-13)8-2-14-5-11-20-12-6-14;1-5-12-6-2-10(1)9-11-3-7-13-8-4-11/h3-6,9-12H,1-2,7-8H2,(H2,21,22,23,24,25);1-8H,9H2. The van der Waals surface area contributed by atoms with Gasteiger partial charge in [-0.3, -0.25) is 29.5 Å². The van der Waals surface area contributed by atoms with Crippen molar-refractivity contribution in [3.63, 3.8) is 0 Å². The smallest absolute Gasteiger partial charge is 0.241 e. The van der Waals surface area contributed by atoms with Gasteiger partial charge in [-0.15, -0.1) is 0 Å². The third kappa shape index (κ3) is 7.33. The Hall–Kier alpha value is -4.37. The van der Waals surface area contributed by atoms with Gasteiger partial charge in [0.2, 0.25) is 11.8 Å². The summed E-state index contributed by atoms with van der Waals surface area (Å²) in [7, 11) is 0. The minimum Gasteiger partial charge on any atom is -0.302 e. The van der Waals surface area contributed by atoms with Crippen LogP contribution >= 0.6 is 12.2 Å². The van der Waals surface area contributed by atoms with Crippen molar-refractivity contribution in [3.8, 4) is 0 Å². The molecule has 1 aliphatic heterocycles. The summed E-state index contributed by atoms with van der Waals surface area (Å²) in [6, 6.07) is 15.7. The van der Waals surface area contributed by atoms with Gasteiger partial charge < -0.3 is 10.6 Å². The molecule has 1 aliphatic rings. The van der Waals surface area contributed by atoms with Crippen LogP contribution in [0.2, 0.25) is 0 Å². The van der Waals surface area contributed by atoms with E-state index in [-0.39, 0.29) is 16.9 Å². The van der Waals surface area contributed by atoms with Crippen LogP contribution < -0.4 is 10.6 Å². The molecule has 38 heavy (non-hydrogen) atoms.